The number of nitrogens with one attached hydrogen (secondary N) is 1. The number of carbonyl (C=O) groups is 1. The zero-order valence-corrected chi connectivity index (χ0v) is 18.4. The maximum Gasteiger partial charge on any atom is 0.254 e. The van der Waals surface area contributed by atoms with Crippen LogP contribution in [0.2, 0.25) is 0 Å². The topological polar surface area (TPSA) is 75.7 Å². The summed E-state index contributed by atoms with van der Waals surface area (Å²) in [5.74, 6) is 0.735. The highest BCUT2D eigenvalue weighted by Crippen LogP contribution is 2.17. The highest BCUT2D eigenvalue weighted by molar-refractivity contribution is 7.92. The van der Waals surface area contributed by atoms with Crippen LogP contribution in [0.1, 0.15) is 21.5 Å². The number of ether oxygens (including phenoxy) is 1. The van der Waals surface area contributed by atoms with E-state index in [2.05, 4.69) is 4.72 Å². The molecule has 0 saturated heterocycles. The van der Waals surface area contributed by atoms with Gasteiger partial charge in [-0.25, -0.2) is 8.42 Å². The van der Waals surface area contributed by atoms with Crippen LogP contribution in [0, 0.1) is 0 Å². The SMILES string of the molecule is COc1ccc(CN(CCc2ccc(NS(C)(=O)=O)cc2)C(=O)c2ccccc2)cc1. The molecular weight excluding hydrogens is 412 g/mol. The van der Waals surface area contributed by atoms with Crippen molar-refractivity contribution in [3.05, 3.63) is 95.6 Å². The van der Waals surface area contributed by atoms with Gasteiger partial charge in [0, 0.05) is 24.3 Å². The second-order valence-corrected chi connectivity index (χ2v) is 9.01. The normalized spacial score (nSPS) is 11.0. The maximum absolute atomic E-state index is 13.1. The summed E-state index contributed by atoms with van der Waals surface area (Å²) in [5, 5.41) is 0. The minimum Gasteiger partial charge on any atom is -0.497 e. The van der Waals surface area contributed by atoms with E-state index in [1.807, 2.05) is 71.6 Å². The Balaban J connectivity index is 1.73. The molecule has 31 heavy (non-hydrogen) atoms. The molecule has 0 aliphatic rings. The van der Waals surface area contributed by atoms with Gasteiger partial charge in [0.1, 0.15) is 5.75 Å². The molecule has 7 heteroatoms. The van der Waals surface area contributed by atoms with Crippen LogP contribution >= 0.6 is 0 Å². The van der Waals surface area contributed by atoms with Crippen LogP contribution in [0.25, 0.3) is 0 Å². The molecule has 0 spiro atoms. The number of carbonyl (C=O) groups excluding carboxylic acids is 1. The number of anilines is 1. The van der Waals surface area contributed by atoms with Crippen LogP contribution in [0.15, 0.2) is 78.9 Å². The molecule has 1 N–H and O–H groups in total. The molecule has 0 aliphatic heterocycles. The fraction of sp³-hybridized carbons (Fsp3) is 0.208. The molecule has 0 atom stereocenters. The molecule has 0 fully saturated rings. The minimum absolute atomic E-state index is 0.0354. The Morgan fingerprint density at radius 2 is 1.52 bits per heavy atom. The number of hydrogen-bond acceptors (Lipinski definition) is 4. The number of sulfonamides is 1. The summed E-state index contributed by atoms with van der Waals surface area (Å²) in [5.41, 5.74) is 3.18. The van der Waals surface area contributed by atoms with E-state index in [4.69, 9.17) is 4.74 Å². The molecule has 0 saturated carbocycles. The molecular formula is C24H26N2O4S. The first-order chi connectivity index (χ1) is 14.8. The molecule has 162 valence electrons. The minimum atomic E-state index is -3.31. The maximum atomic E-state index is 13.1. The third-order valence-electron chi connectivity index (χ3n) is 4.77. The Morgan fingerprint density at radius 3 is 2.10 bits per heavy atom. The lowest BCUT2D eigenvalue weighted by Crippen LogP contribution is -2.32. The predicted molar refractivity (Wildman–Crippen MR) is 123 cm³/mol. The third-order valence-corrected chi connectivity index (χ3v) is 5.37. The number of nitrogens with zero attached hydrogens (tertiary/aromatic N) is 1. The van der Waals surface area contributed by atoms with Crippen molar-refractivity contribution in [1.82, 2.24) is 4.90 Å². The van der Waals surface area contributed by atoms with Gasteiger partial charge in [-0.1, -0.05) is 42.5 Å². The Bertz CT molecular complexity index is 1100. The summed E-state index contributed by atoms with van der Waals surface area (Å²) in [6, 6.07) is 24.1. The van der Waals surface area contributed by atoms with E-state index >= 15 is 0 Å². The Kier molecular flexibility index (Phi) is 7.31. The molecule has 3 rings (SSSR count). The standard InChI is InChI=1S/C24H26N2O4S/c1-30-23-14-10-20(11-15-23)18-26(24(27)21-6-4-3-5-7-21)17-16-19-8-12-22(13-9-19)25-31(2,28)29/h3-15,25H,16-18H2,1-2H3. The van der Waals surface area contributed by atoms with E-state index in [-0.39, 0.29) is 5.91 Å². The van der Waals surface area contributed by atoms with Crippen LogP contribution < -0.4 is 9.46 Å². The van der Waals surface area contributed by atoms with Gasteiger partial charge in [0.25, 0.3) is 5.91 Å². The summed E-state index contributed by atoms with van der Waals surface area (Å²) in [4.78, 5) is 14.9. The molecule has 6 nitrogen and oxygen atoms in total. The van der Waals surface area contributed by atoms with Gasteiger partial charge in [-0.05, 0) is 53.9 Å². The van der Waals surface area contributed by atoms with Crippen LogP contribution in [0.3, 0.4) is 0 Å². The van der Waals surface area contributed by atoms with E-state index in [0.29, 0.717) is 30.8 Å². The van der Waals surface area contributed by atoms with Crippen molar-refractivity contribution in [2.24, 2.45) is 0 Å². The van der Waals surface area contributed by atoms with Crippen LogP contribution in [0.4, 0.5) is 5.69 Å². The number of hydrogen-bond donors (Lipinski definition) is 1. The van der Waals surface area contributed by atoms with Crippen LogP contribution in [0.5, 0.6) is 5.75 Å². The zero-order chi connectivity index (χ0) is 22.3. The second-order valence-electron chi connectivity index (χ2n) is 7.26. The van der Waals surface area contributed by atoms with Crippen molar-refractivity contribution < 1.29 is 17.9 Å². The number of rotatable bonds is 9. The third kappa shape index (κ3) is 6.86. The summed E-state index contributed by atoms with van der Waals surface area (Å²) in [7, 11) is -1.69. The average molecular weight is 439 g/mol. The van der Waals surface area contributed by atoms with E-state index in [9.17, 15) is 13.2 Å². The summed E-state index contributed by atoms with van der Waals surface area (Å²) >= 11 is 0. The highest BCUT2D eigenvalue weighted by Gasteiger charge is 2.16. The largest absolute Gasteiger partial charge is 0.497 e. The quantitative estimate of drug-likeness (QED) is 0.549. The fourth-order valence-electron chi connectivity index (χ4n) is 3.18. The van der Waals surface area contributed by atoms with E-state index in [0.717, 1.165) is 23.1 Å². The van der Waals surface area contributed by atoms with Gasteiger partial charge < -0.3 is 9.64 Å². The zero-order valence-electron chi connectivity index (χ0n) is 17.6. The number of benzene rings is 3. The lowest BCUT2D eigenvalue weighted by Gasteiger charge is -2.23. The number of amides is 1. The molecule has 1 amide bonds. The van der Waals surface area contributed by atoms with Gasteiger partial charge in [-0.2, -0.15) is 0 Å². The molecule has 0 radical (unpaired) electrons. The Hall–Kier alpha value is -3.32. The molecule has 0 aromatic heterocycles. The molecule has 0 unspecified atom stereocenters. The fourth-order valence-corrected chi connectivity index (χ4v) is 3.75. The van der Waals surface area contributed by atoms with Gasteiger partial charge in [0.05, 0.1) is 13.4 Å². The molecule has 3 aromatic rings. The molecule has 0 aliphatic carbocycles. The monoisotopic (exact) mass is 438 g/mol. The van der Waals surface area contributed by atoms with Gasteiger partial charge in [-0.3, -0.25) is 9.52 Å². The van der Waals surface area contributed by atoms with Crippen molar-refractivity contribution in [3.8, 4) is 5.75 Å². The smallest absolute Gasteiger partial charge is 0.254 e. The average Bonchev–Trinajstić information content (AvgIpc) is 2.77. The first-order valence-electron chi connectivity index (χ1n) is 9.88. The lowest BCUT2D eigenvalue weighted by molar-refractivity contribution is 0.0745. The first-order valence-corrected chi connectivity index (χ1v) is 11.8. The number of methoxy groups -OCH3 is 1. The first kappa shape index (κ1) is 22.4. The van der Waals surface area contributed by atoms with Crippen molar-refractivity contribution in [2.75, 3.05) is 24.6 Å². The van der Waals surface area contributed by atoms with E-state index in [1.165, 1.54) is 0 Å². The van der Waals surface area contributed by atoms with Crippen molar-refractivity contribution in [1.29, 1.82) is 0 Å². The Labute approximate surface area is 183 Å². The summed E-state index contributed by atoms with van der Waals surface area (Å²) < 4.78 is 30.4. The Morgan fingerprint density at radius 1 is 0.903 bits per heavy atom. The van der Waals surface area contributed by atoms with Crippen LogP contribution in [-0.4, -0.2) is 39.1 Å². The van der Waals surface area contributed by atoms with Crippen molar-refractivity contribution >= 4 is 21.6 Å². The lowest BCUT2D eigenvalue weighted by atomic mass is 10.1. The predicted octanol–water partition coefficient (Wildman–Crippen LogP) is 3.95. The molecule has 3 aromatic carbocycles. The van der Waals surface area contributed by atoms with Gasteiger partial charge >= 0.3 is 0 Å². The van der Waals surface area contributed by atoms with Gasteiger partial charge in [0.2, 0.25) is 10.0 Å². The molecule has 0 bridgehead atoms. The molecule has 0 heterocycles. The summed E-state index contributed by atoms with van der Waals surface area (Å²) in [6.45, 7) is 1.00. The summed E-state index contributed by atoms with van der Waals surface area (Å²) in [6.07, 6.45) is 1.76. The van der Waals surface area contributed by atoms with E-state index in [1.54, 1.807) is 19.2 Å². The van der Waals surface area contributed by atoms with Crippen molar-refractivity contribution in [2.45, 2.75) is 13.0 Å². The van der Waals surface area contributed by atoms with Gasteiger partial charge in [0.15, 0.2) is 0 Å². The second kappa shape index (κ2) is 10.1. The van der Waals surface area contributed by atoms with E-state index < -0.39 is 10.0 Å². The van der Waals surface area contributed by atoms with Gasteiger partial charge in [-0.15, -0.1) is 0 Å². The van der Waals surface area contributed by atoms with Crippen LogP contribution in [-0.2, 0) is 23.0 Å². The van der Waals surface area contributed by atoms with Crippen molar-refractivity contribution in [3.63, 3.8) is 0 Å². The highest BCUT2D eigenvalue weighted by atomic mass is 32.2.